The highest BCUT2D eigenvalue weighted by atomic mass is 16.3. The average Bonchev–Trinajstić information content (AvgIpc) is 1.56. The normalized spacial score (nSPS) is 15.6. The van der Waals surface area contributed by atoms with Crippen LogP contribution in [0, 0.1) is 0 Å². The van der Waals surface area contributed by atoms with Gasteiger partial charge in [0.2, 0.25) is 0 Å². The lowest BCUT2D eigenvalue weighted by Gasteiger charge is -2.43. The molecule has 0 fully saturated rings. The Labute approximate surface area is 840 Å². The summed E-state index contributed by atoms with van der Waals surface area (Å²) in [4.78, 5) is 10.1. The number of anilines is 12. The lowest BCUT2D eigenvalue weighted by Crippen LogP contribution is -2.31. The number of hydrogen-bond donors (Lipinski definition) is 0. The van der Waals surface area contributed by atoms with Crippen molar-refractivity contribution >= 4 is 112 Å². The van der Waals surface area contributed by atoms with E-state index in [4.69, 9.17) is 8.83 Å². The van der Waals surface area contributed by atoms with Crippen molar-refractivity contribution in [2.75, 3.05) is 19.6 Å². The molecule has 0 bridgehead atoms. The molecule has 8 aliphatic rings. The van der Waals surface area contributed by atoms with Gasteiger partial charge in [0.15, 0.2) is 0 Å². The van der Waals surface area contributed by atoms with E-state index < -0.39 is 0 Å². The maximum atomic E-state index is 6.58. The Balaban J connectivity index is 0.000000137. The Bertz CT molecular complexity index is 8860. The first-order valence-electron chi connectivity index (χ1n) is 51.0. The molecule has 0 radical (unpaired) electrons. The fourth-order valence-electron chi connectivity index (χ4n) is 27.1. The molecule has 6 heterocycles. The maximum absolute atomic E-state index is 6.58. The van der Waals surface area contributed by atoms with Crippen molar-refractivity contribution in [3.8, 4) is 111 Å². The molecule has 0 saturated heterocycles. The summed E-state index contributed by atoms with van der Waals surface area (Å²) >= 11 is 0. The van der Waals surface area contributed by atoms with E-state index in [1.54, 1.807) is 0 Å². The van der Waals surface area contributed by atoms with Crippen molar-refractivity contribution < 1.29 is 8.83 Å². The van der Waals surface area contributed by atoms with Gasteiger partial charge in [-0.25, -0.2) is 0 Å². The summed E-state index contributed by atoms with van der Waals surface area (Å²) < 4.78 is 13.2. The predicted molar refractivity (Wildman–Crippen MR) is 600 cm³/mol. The summed E-state index contributed by atoms with van der Waals surface area (Å²) in [5.41, 5.74) is 57.5. The van der Waals surface area contributed by atoms with E-state index in [9.17, 15) is 0 Å². The summed E-state index contributed by atoms with van der Waals surface area (Å²) in [5.74, 6) is 0. The highest BCUT2D eigenvalue weighted by Gasteiger charge is 2.48. The SMILES string of the molecule is CC1(C)c2ccccc2-c2cc3c(cc21)N(c1ccc2c(c1)-c1ccccc1-c1ccc(N4c5ccccc5C(C)(C)c5cc6c(cc54)C(C)(C)c4ccccc4-6)cc1-c1ccccc1-2)c1ccccc1C3(C)C.CC1(C)c2ccccc2N(c2ccc3c(c2)-c2ccccc2-c2ccc(N4c5ccccc5C(C)(C)c5cc6c(cc54)oc4ccccc46)cc2-c2ccccc2-3)c2cc3oc4ccccc4c3cc21. The largest absolute Gasteiger partial charge is 0.456 e. The van der Waals surface area contributed by atoms with Gasteiger partial charge in [0.05, 0.1) is 45.5 Å². The lowest BCUT2D eigenvalue weighted by atomic mass is 9.71. The van der Waals surface area contributed by atoms with Crippen LogP contribution >= 0.6 is 0 Å². The summed E-state index contributed by atoms with van der Waals surface area (Å²) in [6, 6.07) is 155. The van der Waals surface area contributed by atoms with E-state index in [-0.39, 0.29) is 32.5 Å². The van der Waals surface area contributed by atoms with Gasteiger partial charge in [-0.05, 0) is 299 Å². The highest BCUT2D eigenvalue weighted by molar-refractivity contribution is 6.13. The van der Waals surface area contributed by atoms with Gasteiger partial charge in [0.25, 0.3) is 0 Å². The molecule has 4 aliphatic heterocycles. The zero-order valence-electron chi connectivity index (χ0n) is 82.9. The molecule has 6 nitrogen and oxygen atoms in total. The number of hydrogen-bond acceptors (Lipinski definition) is 6. The summed E-state index contributed by atoms with van der Waals surface area (Å²) in [5, 5.41) is 4.58. The second-order valence-electron chi connectivity index (χ2n) is 44.1. The van der Waals surface area contributed by atoms with E-state index >= 15 is 0 Å². The number of nitrogens with zero attached hydrogens (tertiary/aromatic N) is 4. The molecule has 0 N–H and O–H groups in total. The van der Waals surface area contributed by atoms with Crippen LogP contribution in [-0.4, -0.2) is 0 Å². The molecule has 20 aromatic carbocycles. The van der Waals surface area contributed by atoms with E-state index in [2.05, 4.69) is 515 Å². The third kappa shape index (κ3) is 11.6. The predicted octanol–water partition coefficient (Wildman–Crippen LogP) is 38.2. The molecule has 6 heteroatoms. The van der Waals surface area contributed by atoms with Crippen LogP contribution in [0.1, 0.15) is 150 Å². The van der Waals surface area contributed by atoms with Gasteiger partial charge >= 0.3 is 0 Å². The van der Waals surface area contributed by atoms with Crippen LogP contribution in [0.5, 0.6) is 0 Å². The molecule has 0 unspecified atom stereocenters. The van der Waals surface area contributed by atoms with Gasteiger partial charge in [0.1, 0.15) is 22.3 Å². The average molecular weight is 1850 g/mol. The van der Waals surface area contributed by atoms with Gasteiger partial charge in [-0.15, -0.1) is 0 Å². The smallest absolute Gasteiger partial charge is 0.137 e. The topological polar surface area (TPSA) is 39.2 Å². The van der Waals surface area contributed by atoms with Crippen LogP contribution in [0.15, 0.2) is 421 Å². The first-order valence-corrected chi connectivity index (χ1v) is 51.0. The standard InChI is InChI=1S/C72H58N2.C66H46N2O2/c1-69(2)57-27-15-13-25-51(57)55-39-63-67(41-61(55)69)73(65-31-19-17-29-59(65)71(63,5)6)43-33-35-49-46-22-10-12-24-48(46)54-38-44(34-36-50(54)45-21-9-11-23-47(45)53(49)37-43)74-66-32-20-18-30-60(66)72(7,8)64-40-56-52-26-14-16-28-58(52)70(3,4)62(56)42-68(64)74;1-65(2)53-23-11-13-25-57(53)67(59-37-63-51(35-55(59)65)47-21-9-15-27-61(47)69-63)39-29-31-45-42-18-6-8-20-44(42)50-34-40(30-32-46(50)41-17-5-7-19-43(41)49(45)33-39)68-58-26-14-12-24-54(58)66(3,4)56-36-52-48-22-10-16-28-62(48)70-64(52)38-60(56)68/h9-42H,1-8H3;5-38H,1-4H3. The molecule has 0 atom stereocenters. The first-order chi connectivity index (χ1) is 70.0. The van der Waals surface area contributed by atoms with E-state index in [1.807, 2.05) is 0 Å². The second kappa shape index (κ2) is 29.9. The zero-order valence-corrected chi connectivity index (χ0v) is 82.9. The van der Waals surface area contributed by atoms with Crippen molar-refractivity contribution in [1.29, 1.82) is 0 Å². The Morgan fingerprint density at radius 3 is 0.639 bits per heavy atom. The van der Waals surface area contributed by atoms with Gasteiger partial charge in [-0.1, -0.05) is 362 Å². The van der Waals surface area contributed by atoms with Crippen molar-refractivity contribution in [2.24, 2.45) is 0 Å². The lowest BCUT2D eigenvalue weighted by molar-refractivity contribution is 0.627. The summed E-state index contributed by atoms with van der Waals surface area (Å²) in [7, 11) is 0. The van der Waals surface area contributed by atoms with Crippen LogP contribution in [0.25, 0.3) is 155 Å². The number of furan rings is 2. The Hall–Kier alpha value is -16.8. The summed E-state index contributed by atoms with van der Waals surface area (Å²) in [6.07, 6.45) is 0. The number of para-hydroxylation sites is 6. The third-order valence-corrected chi connectivity index (χ3v) is 34.4. The highest BCUT2D eigenvalue weighted by Crippen LogP contribution is 2.65. The van der Waals surface area contributed by atoms with Crippen molar-refractivity contribution in [3.05, 3.63) is 479 Å². The molecule has 4 aliphatic carbocycles. The van der Waals surface area contributed by atoms with Crippen molar-refractivity contribution in [1.82, 2.24) is 0 Å². The van der Waals surface area contributed by atoms with Crippen molar-refractivity contribution in [2.45, 2.75) is 116 Å². The maximum Gasteiger partial charge on any atom is 0.137 e. The fourth-order valence-corrected chi connectivity index (χ4v) is 27.1. The second-order valence-corrected chi connectivity index (χ2v) is 44.1. The van der Waals surface area contributed by atoms with Crippen LogP contribution in [0.4, 0.5) is 68.2 Å². The third-order valence-electron chi connectivity index (χ3n) is 34.4. The monoisotopic (exact) mass is 1850 g/mol. The zero-order chi connectivity index (χ0) is 96.8. The minimum Gasteiger partial charge on any atom is -0.456 e. The molecular weight excluding hydrogens is 1750 g/mol. The fraction of sp³-hybridized carbons (Fsp3) is 0.130. The number of benzene rings is 20. The van der Waals surface area contributed by atoms with E-state index in [0.717, 1.165) is 78.0 Å². The van der Waals surface area contributed by atoms with E-state index in [1.165, 1.54) is 212 Å². The number of rotatable bonds is 4. The molecular formula is C138H104N4O2. The minimum atomic E-state index is -0.249. The minimum absolute atomic E-state index is 0.128. The van der Waals surface area contributed by atoms with Gasteiger partial charge in [0, 0.05) is 88.9 Å². The molecule has 0 amide bonds. The molecule has 0 spiro atoms. The van der Waals surface area contributed by atoms with Crippen LogP contribution in [-0.2, 0) is 32.5 Å². The number of fused-ring (bicyclic) bond motifs is 36. The molecule has 144 heavy (non-hydrogen) atoms. The summed E-state index contributed by atoms with van der Waals surface area (Å²) in [6.45, 7) is 28.6. The Kier molecular flexibility index (Phi) is 17.5. The van der Waals surface area contributed by atoms with Gasteiger partial charge in [-0.2, -0.15) is 0 Å². The molecule has 0 saturated carbocycles. The van der Waals surface area contributed by atoms with Crippen LogP contribution < -0.4 is 19.6 Å². The molecule has 22 aromatic rings. The Morgan fingerprint density at radius 1 is 0.132 bits per heavy atom. The molecule has 2 aromatic heterocycles. The van der Waals surface area contributed by atoms with Gasteiger partial charge < -0.3 is 28.4 Å². The van der Waals surface area contributed by atoms with Crippen LogP contribution in [0.2, 0.25) is 0 Å². The van der Waals surface area contributed by atoms with Gasteiger partial charge in [-0.3, -0.25) is 0 Å². The molecule has 688 valence electrons. The van der Waals surface area contributed by atoms with Crippen molar-refractivity contribution in [3.63, 3.8) is 0 Å². The first kappa shape index (κ1) is 84.1. The van der Waals surface area contributed by atoms with Crippen LogP contribution in [0.3, 0.4) is 0 Å². The van der Waals surface area contributed by atoms with E-state index in [0.29, 0.717) is 0 Å². The molecule has 30 rings (SSSR count). The quantitative estimate of drug-likeness (QED) is 0.175. The Morgan fingerprint density at radius 2 is 0.347 bits per heavy atom.